The molecule has 0 saturated carbocycles. The monoisotopic (exact) mass is 365 g/mol. The number of aliphatic carboxylic acids is 1. The van der Waals surface area contributed by atoms with Gasteiger partial charge >= 0.3 is 18.2 Å². The Bertz CT molecular complexity index is 525. The van der Waals surface area contributed by atoms with Crippen molar-refractivity contribution in [2.75, 3.05) is 11.5 Å². The summed E-state index contributed by atoms with van der Waals surface area (Å²) in [5.41, 5.74) is 0.751. The molecule has 0 fully saturated rings. The van der Waals surface area contributed by atoms with Crippen molar-refractivity contribution < 1.29 is 32.6 Å². The van der Waals surface area contributed by atoms with E-state index >= 15 is 0 Å². The molecule has 1 rings (SSSR count). The standard InChI is InChI=1S/C15H18F3NO4S/c16-15(17,18)7-4-8-24-10-12(13(20)21)19-14(22)23-9-11-5-2-1-3-6-11/h1-3,5-6,12H,4,7-10H2,(H,19,22)(H,20,21). The summed E-state index contributed by atoms with van der Waals surface area (Å²) in [6.07, 6.45) is -6.11. The van der Waals surface area contributed by atoms with Crippen molar-refractivity contribution in [3.05, 3.63) is 35.9 Å². The zero-order chi connectivity index (χ0) is 18.0. The Balaban J connectivity index is 2.29. The van der Waals surface area contributed by atoms with Crippen molar-refractivity contribution in [2.45, 2.75) is 31.7 Å². The highest BCUT2D eigenvalue weighted by molar-refractivity contribution is 7.99. The summed E-state index contributed by atoms with van der Waals surface area (Å²) in [4.78, 5) is 22.7. The molecule has 134 valence electrons. The summed E-state index contributed by atoms with van der Waals surface area (Å²) in [6, 6.07) is 7.63. The van der Waals surface area contributed by atoms with Crippen LogP contribution in [-0.2, 0) is 16.1 Å². The van der Waals surface area contributed by atoms with E-state index in [2.05, 4.69) is 5.32 Å². The molecule has 24 heavy (non-hydrogen) atoms. The van der Waals surface area contributed by atoms with E-state index in [0.29, 0.717) is 0 Å². The van der Waals surface area contributed by atoms with Gasteiger partial charge in [0.2, 0.25) is 0 Å². The van der Waals surface area contributed by atoms with Gasteiger partial charge in [-0.05, 0) is 17.7 Å². The molecule has 1 amide bonds. The second kappa shape index (κ2) is 10.1. The first kappa shape index (κ1) is 20.1. The zero-order valence-corrected chi connectivity index (χ0v) is 13.5. The third kappa shape index (κ3) is 9.29. The molecule has 0 aliphatic carbocycles. The molecular formula is C15H18F3NO4S. The number of rotatable bonds is 9. The summed E-state index contributed by atoms with van der Waals surface area (Å²) < 4.78 is 40.9. The average Bonchev–Trinajstić information content (AvgIpc) is 2.51. The first-order chi connectivity index (χ1) is 11.3. The smallest absolute Gasteiger partial charge is 0.408 e. The molecular weight excluding hydrogens is 347 g/mol. The highest BCUT2D eigenvalue weighted by atomic mass is 32.2. The van der Waals surface area contributed by atoms with Gasteiger partial charge in [-0.1, -0.05) is 30.3 Å². The second-order valence-corrected chi connectivity index (χ2v) is 6.04. The molecule has 0 aliphatic heterocycles. The first-order valence-corrected chi connectivity index (χ1v) is 8.28. The number of alkyl halides is 3. The van der Waals surface area contributed by atoms with Crippen LogP contribution in [0.4, 0.5) is 18.0 Å². The molecule has 0 spiro atoms. The average molecular weight is 365 g/mol. The van der Waals surface area contributed by atoms with Gasteiger partial charge in [0.1, 0.15) is 12.6 Å². The van der Waals surface area contributed by atoms with Crippen molar-refractivity contribution in [1.29, 1.82) is 0 Å². The fourth-order valence-corrected chi connectivity index (χ4v) is 2.63. The Hall–Kier alpha value is -1.90. The Labute approximate surface area is 141 Å². The minimum atomic E-state index is -4.22. The largest absolute Gasteiger partial charge is 0.480 e. The van der Waals surface area contributed by atoms with E-state index in [1.807, 2.05) is 0 Å². The Morgan fingerprint density at radius 2 is 1.92 bits per heavy atom. The third-order valence-electron chi connectivity index (χ3n) is 2.84. The number of hydrogen-bond acceptors (Lipinski definition) is 4. The maximum Gasteiger partial charge on any atom is 0.408 e. The van der Waals surface area contributed by atoms with Crippen LogP contribution in [0, 0.1) is 0 Å². The van der Waals surface area contributed by atoms with Gasteiger partial charge in [-0.3, -0.25) is 0 Å². The quantitative estimate of drug-likeness (QED) is 0.656. The van der Waals surface area contributed by atoms with Gasteiger partial charge in [-0.15, -0.1) is 0 Å². The molecule has 5 nitrogen and oxygen atoms in total. The Morgan fingerprint density at radius 3 is 2.50 bits per heavy atom. The van der Waals surface area contributed by atoms with E-state index in [9.17, 15) is 22.8 Å². The first-order valence-electron chi connectivity index (χ1n) is 7.12. The summed E-state index contributed by atoms with van der Waals surface area (Å²) in [5.74, 6) is -1.15. The van der Waals surface area contributed by atoms with Crippen LogP contribution in [0.25, 0.3) is 0 Å². The number of alkyl carbamates (subject to hydrolysis) is 1. The Morgan fingerprint density at radius 1 is 1.25 bits per heavy atom. The SMILES string of the molecule is O=C(NC(CSCCCC(F)(F)F)C(=O)O)OCc1ccccc1. The highest BCUT2D eigenvalue weighted by Gasteiger charge is 2.26. The number of nitrogens with one attached hydrogen (secondary N) is 1. The summed E-state index contributed by atoms with van der Waals surface area (Å²) in [7, 11) is 0. The number of carboxylic acid groups (broad SMARTS) is 1. The van der Waals surface area contributed by atoms with Crippen LogP contribution in [0.1, 0.15) is 18.4 Å². The molecule has 1 aromatic rings. The molecule has 0 heterocycles. The van der Waals surface area contributed by atoms with Crippen LogP contribution in [-0.4, -0.2) is 40.9 Å². The number of benzene rings is 1. The number of amides is 1. The van der Waals surface area contributed by atoms with Crippen molar-refractivity contribution in [3.63, 3.8) is 0 Å². The van der Waals surface area contributed by atoms with E-state index in [1.165, 1.54) is 0 Å². The topological polar surface area (TPSA) is 75.6 Å². The van der Waals surface area contributed by atoms with Crippen LogP contribution in [0.3, 0.4) is 0 Å². The fraction of sp³-hybridized carbons (Fsp3) is 0.467. The van der Waals surface area contributed by atoms with E-state index < -0.39 is 30.7 Å². The summed E-state index contributed by atoms with van der Waals surface area (Å²) in [6.45, 7) is -0.00224. The number of carboxylic acids is 1. The maximum atomic E-state index is 12.0. The molecule has 1 aromatic carbocycles. The van der Waals surface area contributed by atoms with Crippen LogP contribution < -0.4 is 5.32 Å². The van der Waals surface area contributed by atoms with Gasteiger partial charge in [-0.2, -0.15) is 24.9 Å². The van der Waals surface area contributed by atoms with Crippen LogP contribution >= 0.6 is 11.8 Å². The molecule has 0 radical (unpaired) electrons. The molecule has 1 atom stereocenters. The lowest BCUT2D eigenvalue weighted by molar-refractivity contribution is -0.139. The number of hydrogen-bond donors (Lipinski definition) is 2. The number of carbonyl (C=O) groups is 2. The van der Waals surface area contributed by atoms with Gasteiger partial charge < -0.3 is 15.2 Å². The van der Waals surface area contributed by atoms with E-state index in [-0.39, 0.29) is 24.5 Å². The van der Waals surface area contributed by atoms with Crippen molar-refractivity contribution in [1.82, 2.24) is 5.32 Å². The Kier molecular flexibility index (Phi) is 8.45. The number of thioether (sulfide) groups is 1. The molecule has 9 heteroatoms. The van der Waals surface area contributed by atoms with Crippen molar-refractivity contribution >= 4 is 23.8 Å². The molecule has 0 aromatic heterocycles. The minimum absolute atomic E-state index is 0.00224. The van der Waals surface area contributed by atoms with Gasteiger partial charge in [-0.25, -0.2) is 9.59 Å². The second-order valence-electron chi connectivity index (χ2n) is 4.89. The van der Waals surface area contributed by atoms with E-state index in [1.54, 1.807) is 30.3 Å². The van der Waals surface area contributed by atoms with Crippen LogP contribution in [0.2, 0.25) is 0 Å². The van der Waals surface area contributed by atoms with Gasteiger partial charge in [0.25, 0.3) is 0 Å². The van der Waals surface area contributed by atoms with Gasteiger partial charge in [0, 0.05) is 12.2 Å². The summed E-state index contributed by atoms with van der Waals surface area (Å²) >= 11 is 1.04. The number of carbonyl (C=O) groups excluding carboxylic acids is 1. The number of ether oxygens (including phenoxy) is 1. The maximum absolute atomic E-state index is 12.0. The predicted octanol–water partition coefficient (Wildman–Crippen LogP) is 3.44. The van der Waals surface area contributed by atoms with Gasteiger partial charge in [0.05, 0.1) is 0 Å². The summed E-state index contributed by atoms with van der Waals surface area (Å²) in [5, 5.41) is 11.2. The number of halogens is 3. The normalized spacial score (nSPS) is 12.5. The molecule has 0 aliphatic rings. The third-order valence-corrected chi connectivity index (χ3v) is 3.98. The molecule has 1 unspecified atom stereocenters. The van der Waals surface area contributed by atoms with Gasteiger partial charge in [0.15, 0.2) is 0 Å². The van der Waals surface area contributed by atoms with E-state index in [0.717, 1.165) is 17.3 Å². The fourth-order valence-electron chi connectivity index (χ4n) is 1.66. The van der Waals surface area contributed by atoms with Crippen LogP contribution in [0.15, 0.2) is 30.3 Å². The predicted molar refractivity (Wildman–Crippen MR) is 83.8 cm³/mol. The lowest BCUT2D eigenvalue weighted by atomic mass is 10.2. The molecule has 0 saturated heterocycles. The lowest BCUT2D eigenvalue weighted by Gasteiger charge is -2.14. The zero-order valence-electron chi connectivity index (χ0n) is 12.7. The van der Waals surface area contributed by atoms with Crippen molar-refractivity contribution in [2.24, 2.45) is 0 Å². The van der Waals surface area contributed by atoms with Crippen molar-refractivity contribution in [3.8, 4) is 0 Å². The molecule has 0 bridgehead atoms. The van der Waals surface area contributed by atoms with E-state index in [4.69, 9.17) is 9.84 Å². The lowest BCUT2D eigenvalue weighted by Crippen LogP contribution is -2.42. The van der Waals surface area contributed by atoms with Crippen LogP contribution in [0.5, 0.6) is 0 Å². The highest BCUT2D eigenvalue weighted by Crippen LogP contribution is 2.22. The minimum Gasteiger partial charge on any atom is -0.480 e. The molecule has 2 N–H and O–H groups in total.